The molecule has 0 aliphatic carbocycles. The van der Waals surface area contributed by atoms with Crippen molar-refractivity contribution in [3.05, 3.63) is 74.2 Å². The standard InChI is InChI=1S/C19H18N2O2S2/c1-14-4-6-15(7-5-14)13-21-10-12-25-19(21)20-18(23)9-8-16(22)17-3-2-11-24-17/h2-7,10-12H,8-9,13H2,1H3. The molecule has 0 aliphatic heterocycles. The second-order valence-corrected chi connectivity index (χ2v) is 7.53. The third-order valence-electron chi connectivity index (χ3n) is 3.72. The molecule has 0 saturated carbocycles. The van der Waals surface area contributed by atoms with Crippen molar-refractivity contribution in [2.45, 2.75) is 26.3 Å². The lowest BCUT2D eigenvalue weighted by atomic mass is 10.1. The number of hydrogen-bond donors (Lipinski definition) is 0. The van der Waals surface area contributed by atoms with E-state index in [1.54, 1.807) is 6.07 Å². The number of nitrogens with zero attached hydrogens (tertiary/aromatic N) is 2. The molecule has 3 rings (SSSR count). The summed E-state index contributed by atoms with van der Waals surface area (Å²) in [5.74, 6) is -0.262. The molecule has 0 bridgehead atoms. The molecule has 0 N–H and O–H groups in total. The fourth-order valence-corrected chi connectivity index (χ4v) is 3.78. The maximum absolute atomic E-state index is 12.1. The lowest BCUT2D eigenvalue weighted by molar-refractivity contribution is -0.118. The number of ketones is 1. The largest absolute Gasteiger partial charge is 0.319 e. The summed E-state index contributed by atoms with van der Waals surface area (Å²) in [5, 5.41) is 3.77. The quantitative estimate of drug-likeness (QED) is 0.615. The Hall–Kier alpha value is -2.31. The Kier molecular flexibility index (Phi) is 5.73. The maximum Gasteiger partial charge on any atom is 0.248 e. The Labute approximate surface area is 154 Å². The van der Waals surface area contributed by atoms with Gasteiger partial charge in [0.15, 0.2) is 10.6 Å². The van der Waals surface area contributed by atoms with E-state index < -0.39 is 0 Å². The van der Waals surface area contributed by atoms with E-state index in [9.17, 15) is 9.59 Å². The van der Waals surface area contributed by atoms with Crippen LogP contribution in [0.1, 0.15) is 33.6 Å². The van der Waals surface area contributed by atoms with Gasteiger partial charge in [0.25, 0.3) is 0 Å². The van der Waals surface area contributed by atoms with Crippen LogP contribution in [0.15, 0.2) is 58.3 Å². The van der Waals surface area contributed by atoms with Gasteiger partial charge in [0, 0.05) is 31.0 Å². The van der Waals surface area contributed by atoms with Crippen LogP contribution in [0.4, 0.5) is 0 Å². The molecule has 4 nitrogen and oxygen atoms in total. The van der Waals surface area contributed by atoms with Crippen molar-refractivity contribution >= 4 is 34.4 Å². The number of thiophene rings is 1. The molecule has 128 valence electrons. The number of aromatic nitrogens is 1. The molecule has 1 aromatic carbocycles. The monoisotopic (exact) mass is 370 g/mol. The molecular weight excluding hydrogens is 352 g/mol. The van der Waals surface area contributed by atoms with E-state index in [1.165, 1.54) is 28.2 Å². The number of Topliss-reactive ketones (excluding diaryl/α,β-unsaturated/α-hetero) is 1. The molecule has 2 heterocycles. The first kappa shape index (κ1) is 17.5. The van der Waals surface area contributed by atoms with Crippen LogP contribution < -0.4 is 4.80 Å². The zero-order chi connectivity index (χ0) is 17.6. The maximum atomic E-state index is 12.1. The fraction of sp³-hybridized carbons (Fsp3) is 0.211. The Morgan fingerprint density at radius 1 is 1.04 bits per heavy atom. The molecule has 0 radical (unpaired) electrons. The lowest BCUT2D eigenvalue weighted by Crippen LogP contribution is -2.17. The van der Waals surface area contributed by atoms with E-state index in [-0.39, 0.29) is 24.5 Å². The first-order valence-electron chi connectivity index (χ1n) is 7.95. The predicted octanol–water partition coefficient (Wildman–Crippen LogP) is 4.06. The number of carbonyl (C=O) groups excluding carboxylic acids is 2. The SMILES string of the molecule is Cc1ccc(Cn2ccsc2=NC(=O)CCC(=O)c2cccs2)cc1. The summed E-state index contributed by atoms with van der Waals surface area (Å²) in [4.78, 5) is 29.6. The van der Waals surface area contributed by atoms with Crippen molar-refractivity contribution in [1.82, 2.24) is 4.57 Å². The van der Waals surface area contributed by atoms with Crippen LogP contribution in [0.3, 0.4) is 0 Å². The first-order chi connectivity index (χ1) is 12.1. The van der Waals surface area contributed by atoms with E-state index in [4.69, 9.17) is 0 Å². The highest BCUT2D eigenvalue weighted by Gasteiger charge is 2.10. The van der Waals surface area contributed by atoms with Crippen LogP contribution in [-0.2, 0) is 11.3 Å². The van der Waals surface area contributed by atoms with Gasteiger partial charge in [0.1, 0.15) is 0 Å². The Balaban J connectivity index is 1.65. The van der Waals surface area contributed by atoms with Crippen molar-refractivity contribution in [2.75, 3.05) is 0 Å². The van der Waals surface area contributed by atoms with E-state index >= 15 is 0 Å². The molecule has 0 spiro atoms. The van der Waals surface area contributed by atoms with Crippen LogP contribution >= 0.6 is 22.7 Å². The van der Waals surface area contributed by atoms with Crippen molar-refractivity contribution in [2.24, 2.45) is 4.99 Å². The van der Waals surface area contributed by atoms with Gasteiger partial charge in [-0.05, 0) is 23.9 Å². The van der Waals surface area contributed by atoms with Gasteiger partial charge < -0.3 is 4.57 Å². The third kappa shape index (κ3) is 4.84. The number of hydrogen-bond acceptors (Lipinski definition) is 4. The molecule has 25 heavy (non-hydrogen) atoms. The molecule has 0 aliphatic rings. The number of aryl methyl sites for hydroxylation is 1. The smallest absolute Gasteiger partial charge is 0.248 e. The molecule has 0 atom stereocenters. The third-order valence-corrected chi connectivity index (χ3v) is 5.42. The highest BCUT2D eigenvalue weighted by atomic mass is 32.1. The van der Waals surface area contributed by atoms with Crippen LogP contribution in [0.5, 0.6) is 0 Å². The summed E-state index contributed by atoms with van der Waals surface area (Å²) in [7, 11) is 0. The Bertz CT molecular complexity index is 919. The van der Waals surface area contributed by atoms with E-state index in [0.29, 0.717) is 16.2 Å². The number of thiazole rings is 1. The van der Waals surface area contributed by atoms with Gasteiger partial charge in [-0.2, -0.15) is 4.99 Å². The van der Waals surface area contributed by atoms with Gasteiger partial charge >= 0.3 is 0 Å². The molecule has 1 amide bonds. The zero-order valence-electron chi connectivity index (χ0n) is 13.8. The Morgan fingerprint density at radius 2 is 1.84 bits per heavy atom. The van der Waals surface area contributed by atoms with Crippen molar-refractivity contribution in [3.8, 4) is 0 Å². The topological polar surface area (TPSA) is 51.4 Å². The highest BCUT2D eigenvalue weighted by Crippen LogP contribution is 2.12. The number of rotatable bonds is 6. The van der Waals surface area contributed by atoms with Crippen molar-refractivity contribution < 1.29 is 9.59 Å². The molecular formula is C19H18N2O2S2. The van der Waals surface area contributed by atoms with Gasteiger partial charge in [-0.25, -0.2) is 0 Å². The molecule has 6 heteroatoms. The van der Waals surface area contributed by atoms with E-state index in [2.05, 4.69) is 36.2 Å². The minimum atomic E-state index is -0.259. The normalized spacial score (nSPS) is 11.6. The molecule has 0 fully saturated rings. The van der Waals surface area contributed by atoms with Crippen molar-refractivity contribution in [1.29, 1.82) is 0 Å². The summed E-state index contributed by atoms with van der Waals surface area (Å²) in [6.07, 6.45) is 2.26. The first-order valence-corrected chi connectivity index (χ1v) is 9.71. The van der Waals surface area contributed by atoms with Crippen molar-refractivity contribution in [3.63, 3.8) is 0 Å². The second kappa shape index (κ2) is 8.18. The van der Waals surface area contributed by atoms with Crippen LogP contribution in [0, 0.1) is 6.92 Å². The summed E-state index contributed by atoms with van der Waals surface area (Å²) in [6.45, 7) is 2.72. The molecule has 2 aromatic heterocycles. The van der Waals surface area contributed by atoms with Crippen LogP contribution in [-0.4, -0.2) is 16.3 Å². The minimum absolute atomic E-state index is 0.00254. The zero-order valence-corrected chi connectivity index (χ0v) is 15.5. The number of benzene rings is 1. The summed E-state index contributed by atoms with van der Waals surface area (Å²) >= 11 is 2.82. The molecule has 3 aromatic rings. The van der Waals surface area contributed by atoms with Gasteiger partial charge in [0.2, 0.25) is 5.91 Å². The summed E-state index contributed by atoms with van der Waals surface area (Å²) < 4.78 is 1.95. The average Bonchev–Trinajstić information content (AvgIpc) is 3.27. The number of amides is 1. The summed E-state index contributed by atoms with van der Waals surface area (Å²) in [5.41, 5.74) is 2.38. The lowest BCUT2D eigenvalue weighted by Gasteiger charge is -2.03. The van der Waals surface area contributed by atoms with Gasteiger partial charge in [-0.15, -0.1) is 22.7 Å². The highest BCUT2D eigenvalue weighted by molar-refractivity contribution is 7.12. The van der Waals surface area contributed by atoms with Gasteiger partial charge in [-0.1, -0.05) is 35.9 Å². The molecule has 0 unspecified atom stereocenters. The van der Waals surface area contributed by atoms with Gasteiger partial charge in [0.05, 0.1) is 4.88 Å². The van der Waals surface area contributed by atoms with E-state index in [0.717, 1.165) is 5.56 Å². The number of carbonyl (C=O) groups is 2. The predicted molar refractivity (Wildman–Crippen MR) is 101 cm³/mol. The Morgan fingerprint density at radius 3 is 2.56 bits per heavy atom. The fourth-order valence-electron chi connectivity index (χ4n) is 2.34. The van der Waals surface area contributed by atoms with Crippen LogP contribution in [0.2, 0.25) is 0 Å². The second-order valence-electron chi connectivity index (χ2n) is 5.71. The average molecular weight is 370 g/mol. The summed E-state index contributed by atoms with van der Waals surface area (Å²) in [6, 6.07) is 11.9. The van der Waals surface area contributed by atoms with E-state index in [1.807, 2.05) is 27.6 Å². The molecule has 0 saturated heterocycles. The minimum Gasteiger partial charge on any atom is -0.319 e. The van der Waals surface area contributed by atoms with Crippen LogP contribution in [0.25, 0.3) is 0 Å². The van der Waals surface area contributed by atoms with Gasteiger partial charge in [-0.3, -0.25) is 9.59 Å².